The number of nitrogens with one attached hydrogen (secondary N) is 1. The number of hydrogen-bond acceptors (Lipinski definition) is 3. The number of benzene rings is 2. The quantitative estimate of drug-likeness (QED) is 0.791. The highest BCUT2D eigenvalue weighted by Crippen LogP contribution is 2.27. The summed E-state index contributed by atoms with van der Waals surface area (Å²) in [6.45, 7) is 1.19. The molecule has 2 saturated heterocycles. The lowest BCUT2D eigenvalue weighted by molar-refractivity contribution is 0.383. The number of fused-ring (bicyclic) bond motifs is 3. The van der Waals surface area contributed by atoms with E-state index < -0.39 is 10.0 Å². The fourth-order valence-corrected chi connectivity index (χ4v) is 5.55. The first-order valence-electron chi connectivity index (χ1n) is 7.98. The Labute approximate surface area is 157 Å². The predicted octanol–water partition coefficient (Wildman–Crippen LogP) is 3.54. The Morgan fingerprint density at radius 1 is 1.00 bits per heavy atom. The number of halogens is 2. The van der Waals surface area contributed by atoms with Gasteiger partial charge in [-0.3, -0.25) is 0 Å². The van der Waals surface area contributed by atoms with Crippen molar-refractivity contribution in [1.82, 2.24) is 9.62 Å². The van der Waals surface area contributed by atoms with Crippen molar-refractivity contribution in [1.29, 1.82) is 0 Å². The number of sulfonamides is 1. The van der Waals surface area contributed by atoms with Crippen molar-refractivity contribution >= 4 is 49.1 Å². The minimum Gasteiger partial charge on any atom is -0.310 e. The van der Waals surface area contributed by atoms with Crippen LogP contribution < -0.4 is 5.32 Å². The first kappa shape index (κ1) is 18.1. The van der Waals surface area contributed by atoms with Gasteiger partial charge in [0, 0.05) is 29.6 Å². The lowest BCUT2D eigenvalue weighted by Gasteiger charge is -2.23. The molecule has 2 aliphatic heterocycles. The highest BCUT2D eigenvalue weighted by Gasteiger charge is 2.34. The summed E-state index contributed by atoms with van der Waals surface area (Å²) in [6.07, 6.45) is 3.14. The molecule has 2 aliphatic rings. The second-order valence-corrected chi connectivity index (χ2v) is 9.30. The van der Waals surface area contributed by atoms with E-state index in [4.69, 9.17) is 0 Å². The van der Waals surface area contributed by atoms with Crippen molar-refractivity contribution in [3.05, 3.63) is 40.9 Å². The SMILES string of the molecule is Cl.O=S(=O)(c1ccc2cc(Br)ccc2c1)N1CCC2CCC(C1)N2. The third-order valence-electron chi connectivity index (χ3n) is 4.90. The molecule has 2 atom stereocenters. The van der Waals surface area contributed by atoms with Crippen LogP contribution in [0.3, 0.4) is 0 Å². The van der Waals surface area contributed by atoms with Crippen LogP contribution in [0.1, 0.15) is 19.3 Å². The summed E-state index contributed by atoms with van der Waals surface area (Å²) in [5.74, 6) is 0. The molecule has 4 nitrogen and oxygen atoms in total. The van der Waals surface area contributed by atoms with E-state index in [1.165, 1.54) is 6.42 Å². The molecule has 2 unspecified atom stereocenters. The monoisotopic (exact) mass is 430 g/mol. The molecule has 130 valence electrons. The van der Waals surface area contributed by atoms with Crippen molar-refractivity contribution in [3.63, 3.8) is 0 Å². The maximum atomic E-state index is 13.0. The molecule has 2 aromatic carbocycles. The van der Waals surface area contributed by atoms with Crippen molar-refractivity contribution in [2.75, 3.05) is 13.1 Å². The Morgan fingerprint density at radius 3 is 2.54 bits per heavy atom. The van der Waals surface area contributed by atoms with Crippen LogP contribution in [-0.4, -0.2) is 37.9 Å². The topological polar surface area (TPSA) is 49.4 Å². The van der Waals surface area contributed by atoms with E-state index in [1.807, 2.05) is 24.3 Å². The van der Waals surface area contributed by atoms with Crippen LogP contribution >= 0.6 is 28.3 Å². The average Bonchev–Trinajstić information content (AvgIpc) is 2.85. The lowest BCUT2D eigenvalue weighted by Crippen LogP contribution is -2.39. The summed E-state index contributed by atoms with van der Waals surface area (Å²) in [7, 11) is -3.43. The van der Waals surface area contributed by atoms with E-state index in [-0.39, 0.29) is 12.4 Å². The second kappa shape index (κ2) is 6.92. The summed E-state index contributed by atoms with van der Waals surface area (Å²) in [5, 5.41) is 5.52. The van der Waals surface area contributed by atoms with Crippen LogP contribution in [0.4, 0.5) is 0 Å². The first-order chi connectivity index (χ1) is 11.0. The number of rotatable bonds is 2. The van der Waals surface area contributed by atoms with Gasteiger partial charge in [-0.05, 0) is 54.3 Å². The molecule has 0 saturated carbocycles. The molecule has 7 heteroatoms. The fraction of sp³-hybridized carbons (Fsp3) is 0.412. The van der Waals surface area contributed by atoms with Crippen LogP contribution in [0.5, 0.6) is 0 Å². The van der Waals surface area contributed by atoms with Gasteiger partial charge < -0.3 is 5.32 Å². The largest absolute Gasteiger partial charge is 0.310 e. The molecule has 2 aromatic rings. The normalized spacial score (nSPS) is 24.5. The van der Waals surface area contributed by atoms with Gasteiger partial charge in [-0.25, -0.2) is 8.42 Å². The van der Waals surface area contributed by atoms with Gasteiger partial charge in [0.15, 0.2) is 0 Å². The Balaban J connectivity index is 0.00000169. The molecule has 24 heavy (non-hydrogen) atoms. The Kier molecular flexibility index (Phi) is 5.23. The molecular formula is C17H20BrClN2O2S. The smallest absolute Gasteiger partial charge is 0.243 e. The van der Waals surface area contributed by atoms with Gasteiger partial charge in [-0.1, -0.05) is 28.1 Å². The Hall–Kier alpha value is -0.660. The van der Waals surface area contributed by atoms with E-state index in [0.717, 1.165) is 28.1 Å². The molecule has 0 amide bonds. The molecule has 0 spiro atoms. The zero-order chi connectivity index (χ0) is 16.0. The molecule has 1 N–H and O–H groups in total. The van der Waals surface area contributed by atoms with Gasteiger partial charge in [0.25, 0.3) is 0 Å². The van der Waals surface area contributed by atoms with E-state index in [1.54, 1.807) is 16.4 Å². The molecule has 0 radical (unpaired) electrons. The van der Waals surface area contributed by atoms with Gasteiger partial charge in [0.1, 0.15) is 0 Å². The Bertz CT molecular complexity index is 859. The van der Waals surface area contributed by atoms with Crippen LogP contribution in [0.15, 0.2) is 45.8 Å². The average molecular weight is 432 g/mol. The highest BCUT2D eigenvalue weighted by molar-refractivity contribution is 9.10. The minimum absolute atomic E-state index is 0. The van der Waals surface area contributed by atoms with Gasteiger partial charge in [-0.2, -0.15) is 4.31 Å². The molecule has 2 fully saturated rings. The summed E-state index contributed by atoms with van der Waals surface area (Å²) in [6, 6.07) is 12.1. The molecule has 2 bridgehead atoms. The minimum atomic E-state index is -3.43. The van der Waals surface area contributed by atoms with E-state index >= 15 is 0 Å². The Morgan fingerprint density at radius 2 is 1.71 bits per heavy atom. The zero-order valence-electron chi connectivity index (χ0n) is 13.1. The molecular weight excluding hydrogens is 412 g/mol. The maximum Gasteiger partial charge on any atom is 0.243 e. The van der Waals surface area contributed by atoms with Crippen molar-refractivity contribution in [2.24, 2.45) is 0 Å². The van der Waals surface area contributed by atoms with E-state index in [2.05, 4.69) is 21.2 Å². The zero-order valence-corrected chi connectivity index (χ0v) is 16.3. The number of nitrogens with zero attached hydrogens (tertiary/aromatic N) is 1. The summed E-state index contributed by atoms with van der Waals surface area (Å²) >= 11 is 3.45. The molecule has 2 heterocycles. The van der Waals surface area contributed by atoms with Gasteiger partial charge in [0.2, 0.25) is 10.0 Å². The third kappa shape index (κ3) is 3.35. The van der Waals surface area contributed by atoms with Crippen LogP contribution in [0, 0.1) is 0 Å². The van der Waals surface area contributed by atoms with Crippen molar-refractivity contribution in [2.45, 2.75) is 36.2 Å². The standard InChI is InChI=1S/C17H19BrN2O2S.ClH/c18-14-3-1-13-10-17(6-2-12(13)9-14)23(21,22)20-8-7-15-4-5-16(11-20)19-15;/h1-3,6,9-10,15-16,19H,4-5,7-8,11H2;1H. The summed E-state index contributed by atoms with van der Waals surface area (Å²) < 4.78 is 28.7. The highest BCUT2D eigenvalue weighted by atomic mass is 79.9. The van der Waals surface area contributed by atoms with Crippen molar-refractivity contribution < 1.29 is 8.42 Å². The first-order valence-corrected chi connectivity index (χ1v) is 10.2. The van der Waals surface area contributed by atoms with Crippen LogP contribution in [-0.2, 0) is 10.0 Å². The fourth-order valence-electron chi connectivity index (χ4n) is 3.63. The maximum absolute atomic E-state index is 13.0. The molecule has 0 aliphatic carbocycles. The van der Waals surface area contributed by atoms with E-state index in [0.29, 0.717) is 30.1 Å². The lowest BCUT2D eigenvalue weighted by atomic mass is 10.1. The second-order valence-electron chi connectivity index (χ2n) is 6.44. The van der Waals surface area contributed by atoms with Gasteiger partial charge in [-0.15, -0.1) is 12.4 Å². The summed E-state index contributed by atoms with van der Waals surface area (Å²) in [4.78, 5) is 0.394. The van der Waals surface area contributed by atoms with Crippen LogP contribution in [0.25, 0.3) is 10.8 Å². The van der Waals surface area contributed by atoms with E-state index in [9.17, 15) is 8.42 Å². The van der Waals surface area contributed by atoms with Crippen molar-refractivity contribution in [3.8, 4) is 0 Å². The molecule has 0 aromatic heterocycles. The van der Waals surface area contributed by atoms with Gasteiger partial charge in [0.05, 0.1) is 4.90 Å². The molecule has 4 rings (SSSR count). The third-order valence-corrected chi connectivity index (χ3v) is 7.25. The number of hydrogen-bond donors (Lipinski definition) is 1. The van der Waals surface area contributed by atoms with Crippen LogP contribution in [0.2, 0.25) is 0 Å². The van der Waals surface area contributed by atoms with Gasteiger partial charge >= 0.3 is 0 Å². The summed E-state index contributed by atoms with van der Waals surface area (Å²) in [5.41, 5.74) is 0. The predicted molar refractivity (Wildman–Crippen MR) is 102 cm³/mol.